The zero-order valence-corrected chi connectivity index (χ0v) is 16.7. The topological polar surface area (TPSA) is 131 Å². The number of carbonyl (C=O) groups is 3. The molecule has 2 amide bonds. The summed E-state index contributed by atoms with van der Waals surface area (Å²) in [5, 5.41) is 14.6. The molecular weight excluding hydrogens is 362 g/mol. The third-order valence-electron chi connectivity index (χ3n) is 3.83. The number of nitrogens with two attached hydrogens (primary N) is 1. The maximum atomic E-state index is 12.2. The van der Waals surface area contributed by atoms with Crippen LogP contribution >= 0.6 is 0 Å². The van der Waals surface area contributed by atoms with E-state index in [2.05, 4.69) is 10.6 Å². The van der Waals surface area contributed by atoms with E-state index in [-0.39, 0.29) is 5.75 Å². The van der Waals surface area contributed by atoms with E-state index in [1.165, 1.54) is 12.1 Å². The van der Waals surface area contributed by atoms with Crippen LogP contribution in [0.5, 0.6) is 5.75 Å². The molecule has 1 aromatic carbocycles. The van der Waals surface area contributed by atoms with Gasteiger partial charge >= 0.3 is 6.09 Å². The Hall–Kier alpha value is -2.61. The van der Waals surface area contributed by atoms with Gasteiger partial charge in [-0.05, 0) is 64.2 Å². The Morgan fingerprint density at radius 3 is 2.43 bits per heavy atom. The van der Waals surface area contributed by atoms with E-state index >= 15 is 0 Å². The number of hydrogen-bond acceptors (Lipinski definition) is 6. The van der Waals surface area contributed by atoms with Crippen LogP contribution in [-0.4, -0.2) is 47.6 Å². The van der Waals surface area contributed by atoms with Crippen LogP contribution in [0, 0.1) is 0 Å². The molecule has 0 spiro atoms. The fourth-order valence-electron chi connectivity index (χ4n) is 2.43. The number of alkyl carbamates (subject to hydrolysis) is 1. The molecule has 0 radical (unpaired) electrons. The molecule has 0 aromatic heterocycles. The van der Waals surface area contributed by atoms with E-state index in [1.807, 2.05) is 0 Å². The number of aromatic hydroxyl groups is 1. The summed E-state index contributed by atoms with van der Waals surface area (Å²) in [7, 11) is 0. The Morgan fingerprint density at radius 2 is 1.86 bits per heavy atom. The molecule has 8 heteroatoms. The van der Waals surface area contributed by atoms with Crippen LogP contribution < -0.4 is 16.4 Å². The second-order valence-electron chi connectivity index (χ2n) is 7.65. The van der Waals surface area contributed by atoms with Crippen LogP contribution in [-0.2, 0) is 20.7 Å². The van der Waals surface area contributed by atoms with Crippen molar-refractivity contribution in [2.24, 2.45) is 5.73 Å². The predicted octanol–water partition coefficient (Wildman–Crippen LogP) is 1.64. The highest BCUT2D eigenvalue weighted by Gasteiger charge is 2.18. The normalized spacial score (nSPS) is 13.3. The number of hydrogen-bond donors (Lipinski definition) is 4. The standard InChI is InChI=1S/C20H31N3O5/c1-20(2,3)28-19(27)22-11-5-4-6-17(21)18(26)23-15(13-24)12-14-7-9-16(25)10-8-14/h7-10,13,15,17,25H,4-6,11-12,21H2,1-3H3,(H,22,27)(H,23,26)/t15-,17-/m0/s1. The van der Waals surface area contributed by atoms with Crippen molar-refractivity contribution in [1.82, 2.24) is 10.6 Å². The maximum Gasteiger partial charge on any atom is 0.407 e. The minimum atomic E-state index is -0.733. The van der Waals surface area contributed by atoms with Crippen molar-refractivity contribution in [2.75, 3.05) is 6.54 Å². The average molecular weight is 393 g/mol. The number of phenols is 1. The summed E-state index contributed by atoms with van der Waals surface area (Å²) in [4.78, 5) is 34.9. The van der Waals surface area contributed by atoms with E-state index in [1.54, 1.807) is 32.9 Å². The van der Waals surface area contributed by atoms with Gasteiger partial charge in [-0.2, -0.15) is 0 Å². The van der Waals surface area contributed by atoms with Crippen LogP contribution in [0.15, 0.2) is 24.3 Å². The van der Waals surface area contributed by atoms with Crippen LogP contribution in [0.2, 0.25) is 0 Å². The number of phenolic OH excluding ortho intramolecular Hbond substituents is 1. The summed E-state index contributed by atoms with van der Waals surface area (Å²) < 4.78 is 5.13. The molecular formula is C20H31N3O5. The highest BCUT2D eigenvalue weighted by atomic mass is 16.6. The van der Waals surface area contributed by atoms with Gasteiger partial charge in [-0.15, -0.1) is 0 Å². The second kappa shape index (κ2) is 11.3. The fraction of sp³-hybridized carbons (Fsp3) is 0.550. The fourth-order valence-corrected chi connectivity index (χ4v) is 2.43. The van der Waals surface area contributed by atoms with Gasteiger partial charge in [0, 0.05) is 6.54 Å². The molecule has 0 bridgehead atoms. The zero-order chi connectivity index (χ0) is 21.2. The van der Waals surface area contributed by atoms with Gasteiger partial charge in [0.15, 0.2) is 0 Å². The van der Waals surface area contributed by atoms with E-state index in [0.717, 1.165) is 5.56 Å². The molecule has 0 aliphatic carbocycles. The van der Waals surface area contributed by atoms with E-state index in [9.17, 15) is 19.5 Å². The Kier molecular flexibility index (Phi) is 9.44. The molecule has 2 atom stereocenters. The first-order valence-corrected chi connectivity index (χ1v) is 9.36. The first-order chi connectivity index (χ1) is 13.1. The molecule has 0 heterocycles. The van der Waals surface area contributed by atoms with Crippen molar-refractivity contribution in [1.29, 1.82) is 0 Å². The second-order valence-corrected chi connectivity index (χ2v) is 7.65. The highest BCUT2D eigenvalue weighted by Crippen LogP contribution is 2.11. The van der Waals surface area contributed by atoms with Gasteiger partial charge in [-0.1, -0.05) is 12.1 Å². The number of carbonyl (C=O) groups excluding carboxylic acids is 3. The quantitative estimate of drug-likeness (QED) is 0.353. The number of nitrogens with one attached hydrogen (secondary N) is 2. The van der Waals surface area contributed by atoms with Gasteiger partial charge < -0.3 is 31.0 Å². The zero-order valence-electron chi connectivity index (χ0n) is 16.7. The van der Waals surface area contributed by atoms with Crippen molar-refractivity contribution in [3.63, 3.8) is 0 Å². The monoisotopic (exact) mass is 393 g/mol. The SMILES string of the molecule is CC(C)(C)OC(=O)NCCCC[C@H](N)C(=O)N[C@H](C=O)Cc1ccc(O)cc1. The largest absolute Gasteiger partial charge is 0.508 e. The Morgan fingerprint density at radius 1 is 1.21 bits per heavy atom. The number of aldehydes is 1. The summed E-state index contributed by atoms with van der Waals surface area (Å²) in [5.41, 5.74) is 6.16. The predicted molar refractivity (Wildman–Crippen MR) is 106 cm³/mol. The van der Waals surface area contributed by atoms with Gasteiger partial charge in [0.2, 0.25) is 5.91 Å². The van der Waals surface area contributed by atoms with Crippen LogP contribution in [0.25, 0.3) is 0 Å². The molecule has 0 fully saturated rings. The summed E-state index contributed by atoms with van der Waals surface area (Å²) >= 11 is 0. The summed E-state index contributed by atoms with van der Waals surface area (Å²) in [6, 6.07) is 5.01. The van der Waals surface area contributed by atoms with E-state index in [4.69, 9.17) is 10.5 Å². The molecule has 5 N–H and O–H groups in total. The van der Waals surface area contributed by atoms with Gasteiger partial charge in [-0.3, -0.25) is 4.79 Å². The lowest BCUT2D eigenvalue weighted by Gasteiger charge is -2.19. The lowest BCUT2D eigenvalue weighted by molar-refractivity contribution is -0.125. The van der Waals surface area contributed by atoms with Crippen molar-refractivity contribution in [2.45, 2.75) is 64.1 Å². The van der Waals surface area contributed by atoms with Gasteiger partial charge in [0.05, 0.1) is 12.1 Å². The Labute approximate surface area is 165 Å². The molecule has 0 saturated heterocycles. The van der Waals surface area contributed by atoms with Crippen molar-refractivity contribution < 1.29 is 24.2 Å². The average Bonchev–Trinajstić information content (AvgIpc) is 2.60. The molecule has 0 aliphatic heterocycles. The number of ether oxygens (including phenoxy) is 1. The molecule has 0 unspecified atom stereocenters. The van der Waals surface area contributed by atoms with Gasteiger partial charge in [0.25, 0.3) is 0 Å². The highest BCUT2D eigenvalue weighted by molar-refractivity contribution is 5.84. The van der Waals surface area contributed by atoms with E-state index in [0.29, 0.717) is 38.5 Å². The lowest BCUT2D eigenvalue weighted by atomic mass is 10.1. The first-order valence-electron chi connectivity index (χ1n) is 9.36. The lowest BCUT2D eigenvalue weighted by Crippen LogP contribution is -2.46. The van der Waals surface area contributed by atoms with Crippen molar-refractivity contribution in [3.05, 3.63) is 29.8 Å². The third-order valence-corrected chi connectivity index (χ3v) is 3.83. The van der Waals surface area contributed by atoms with Crippen LogP contribution in [0.4, 0.5) is 4.79 Å². The van der Waals surface area contributed by atoms with Gasteiger partial charge in [-0.25, -0.2) is 4.79 Å². The first kappa shape index (κ1) is 23.4. The summed E-state index contributed by atoms with van der Waals surface area (Å²) in [6.45, 7) is 5.80. The van der Waals surface area contributed by atoms with Crippen molar-refractivity contribution in [3.8, 4) is 5.75 Å². The maximum absolute atomic E-state index is 12.2. The number of unbranched alkanes of at least 4 members (excludes halogenated alkanes) is 1. The molecule has 28 heavy (non-hydrogen) atoms. The minimum Gasteiger partial charge on any atom is -0.508 e. The minimum absolute atomic E-state index is 0.138. The van der Waals surface area contributed by atoms with Gasteiger partial charge in [0.1, 0.15) is 17.6 Å². The van der Waals surface area contributed by atoms with Crippen LogP contribution in [0.1, 0.15) is 45.6 Å². The third kappa shape index (κ3) is 9.91. The van der Waals surface area contributed by atoms with E-state index < -0.39 is 29.7 Å². The Balaban J connectivity index is 2.28. The summed E-state index contributed by atoms with van der Waals surface area (Å²) in [5.74, 6) is -0.255. The molecule has 0 saturated carbocycles. The smallest absolute Gasteiger partial charge is 0.407 e. The molecule has 8 nitrogen and oxygen atoms in total. The molecule has 0 aliphatic rings. The molecule has 156 valence electrons. The summed E-state index contributed by atoms with van der Waals surface area (Å²) in [6.07, 6.45) is 2.26. The molecule has 1 rings (SSSR count). The van der Waals surface area contributed by atoms with Crippen molar-refractivity contribution >= 4 is 18.3 Å². The number of amides is 2. The van der Waals surface area contributed by atoms with Crippen LogP contribution in [0.3, 0.4) is 0 Å². The molecule has 1 aromatic rings. The Bertz CT molecular complexity index is 640. The number of rotatable bonds is 10. The number of benzene rings is 1.